The lowest BCUT2D eigenvalue weighted by atomic mass is 10.2. The van der Waals surface area contributed by atoms with Crippen LogP contribution in [0.25, 0.3) is 0 Å². The summed E-state index contributed by atoms with van der Waals surface area (Å²) in [7, 11) is -3.88. The van der Waals surface area contributed by atoms with Crippen LogP contribution in [0.15, 0.2) is 55.1 Å². The number of carbonyl (C=O) groups excluding carboxylic acids is 1. The Hall–Kier alpha value is -3.04. The molecule has 2 aromatic rings. The Kier molecular flexibility index (Phi) is 7.63. The molecule has 2 aromatic carbocycles. The van der Waals surface area contributed by atoms with Gasteiger partial charge in [-0.25, -0.2) is 4.79 Å². The quantitative estimate of drug-likeness (QED) is 0.267. The van der Waals surface area contributed by atoms with Crippen molar-refractivity contribution >= 4 is 16.1 Å². The van der Waals surface area contributed by atoms with E-state index in [1.807, 2.05) is 0 Å². The molecule has 26 heavy (non-hydrogen) atoms. The molecule has 0 saturated carbocycles. The Labute approximate surface area is 150 Å². The number of esters is 1. The molecule has 0 bridgehead atoms. The monoisotopic (exact) mass is 382 g/mol. The fraction of sp³-hybridized carbons (Fsp3) is 0.118. The number of rotatable bonds is 5. The normalized spacial score (nSPS) is 10.3. The van der Waals surface area contributed by atoms with Crippen molar-refractivity contribution in [2.75, 3.05) is 6.61 Å². The van der Waals surface area contributed by atoms with Gasteiger partial charge in [-0.15, -0.1) is 0 Å². The number of hydrogen-bond acceptors (Lipinski definition) is 7. The first-order valence-corrected chi connectivity index (χ1v) is 8.77. The van der Waals surface area contributed by atoms with Crippen molar-refractivity contribution < 1.29 is 37.8 Å². The fourth-order valence-corrected chi connectivity index (χ4v) is 2.34. The largest absolute Gasteiger partial charge is 0.504 e. The van der Waals surface area contributed by atoms with Crippen LogP contribution in [0.1, 0.15) is 15.9 Å². The maximum Gasteiger partial charge on any atom is 0.338 e. The molecule has 0 aliphatic rings. The van der Waals surface area contributed by atoms with Gasteiger partial charge in [0.2, 0.25) is 0 Å². The summed E-state index contributed by atoms with van der Waals surface area (Å²) in [6.07, 6.45) is 1.39. The van der Waals surface area contributed by atoms with Crippen molar-refractivity contribution in [2.45, 2.75) is 5.75 Å². The first kappa shape index (κ1) is 21.0. The van der Waals surface area contributed by atoms with Gasteiger partial charge in [0.25, 0.3) is 10.1 Å². The summed E-state index contributed by atoms with van der Waals surface area (Å²) < 4.78 is 33.8. The van der Waals surface area contributed by atoms with E-state index in [9.17, 15) is 13.2 Å². The van der Waals surface area contributed by atoms with Crippen molar-refractivity contribution in [3.63, 3.8) is 0 Å². The van der Waals surface area contributed by atoms with Crippen LogP contribution in [0.2, 0.25) is 0 Å². The molecular weight excluding hydrogens is 364 g/mol. The summed E-state index contributed by atoms with van der Waals surface area (Å²) in [5.74, 6) is -2.87. The van der Waals surface area contributed by atoms with E-state index in [2.05, 4.69) is 11.3 Å². The summed E-state index contributed by atoms with van der Waals surface area (Å²) in [6, 6.07) is 10.5. The number of carbonyl (C=O) groups is 1. The smallest absolute Gasteiger partial charge is 0.338 e. The van der Waals surface area contributed by atoms with E-state index in [0.717, 1.165) is 12.1 Å². The minimum Gasteiger partial charge on any atom is -0.504 e. The highest BCUT2D eigenvalue weighted by molar-refractivity contribution is 7.85. The van der Waals surface area contributed by atoms with Crippen LogP contribution in [0, 0.1) is 0 Å². The van der Waals surface area contributed by atoms with Crippen LogP contribution in [-0.2, 0) is 20.6 Å². The van der Waals surface area contributed by atoms with E-state index < -0.39 is 33.3 Å². The summed E-state index contributed by atoms with van der Waals surface area (Å²) in [6.45, 7) is 3.39. The molecule has 0 radical (unpaired) electrons. The molecule has 0 aromatic heterocycles. The molecule has 4 N–H and O–H groups in total. The lowest BCUT2D eigenvalue weighted by Crippen LogP contribution is -2.04. The highest BCUT2D eigenvalue weighted by atomic mass is 32.2. The number of phenols is 3. The zero-order valence-corrected chi connectivity index (χ0v) is 14.4. The average Bonchev–Trinajstić information content (AvgIpc) is 2.57. The third-order valence-corrected chi connectivity index (χ3v) is 3.53. The zero-order chi connectivity index (χ0) is 19.7. The third kappa shape index (κ3) is 7.24. The molecule has 8 nitrogen and oxygen atoms in total. The van der Waals surface area contributed by atoms with Crippen LogP contribution in [0.4, 0.5) is 0 Å². The second-order valence-corrected chi connectivity index (χ2v) is 6.41. The summed E-state index contributed by atoms with van der Waals surface area (Å²) in [5, 5.41) is 27.3. The molecule has 0 aliphatic heterocycles. The van der Waals surface area contributed by atoms with Gasteiger partial charge in [-0.2, -0.15) is 8.42 Å². The van der Waals surface area contributed by atoms with Gasteiger partial charge in [-0.3, -0.25) is 4.55 Å². The Bertz CT molecular complexity index is 837. The van der Waals surface area contributed by atoms with Crippen LogP contribution < -0.4 is 0 Å². The second kappa shape index (κ2) is 9.44. The summed E-state index contributed by atoms with van der Waals surface area (Å²) in [5.41, 5.74) is 0.541. The standard InChI is InChI=1S/C10H10O5.C7H8O3S/c1-2-3-15-10(14)6-4-7(11)9(13)8(12)5-6;8-11(9,10)6-7-4-2-1-3-5-7/h2,4-5,11-13H,1,3H2;1-5H,6H2,(H,8,9,10). The van der Waals surface area contributed by atoms with Crippen LogP contribution in [0.5, 0.6) is 17.2 Å². The van der Waals surface area contributed by atoms with Gasteiger partial charge in [-0.05, 0) is 17.7 Å². The predicted octanol–water partition coefficient (Wildman–Crippen LogP) is 2.22. The van der Waals surface area contributed by atoms with E-state index in [4.69, 9.17) is 19.9 Å². The zero-order valence-electron chi connectivity index (χ0n) is 13.6. The number of hydrogen-bond donors (Lipinski definition) is 4. The van der Waals surface area contributed by atoms with E-state index in [-0.39, 0.29) is 17.9 Å². The van der Waals surface area contributed by atoms with Crippen molar-refractivity contribution in [1.82, 2.24) is 0 Å². The number of phenolic OH excluding ortho intramolecular Hbond substituents is 3. The minimum atomic E-state index is -3.88. The Balaban J connectivity index is 0.000000273. The van der Waals surface area contributed by atoms with Gasteiger partial charge in [0.1, 0.15) is 12.4 Å². The van der Waals surface area contributed by atoms with Gasteiger partial charge in [0.05, 0.1) is 5.56 Å². The molecule has 2 rings (SSSR count). The predicted molar refractivity (Wildman–Crippen MR) is 93.6 cm³/mol. The average molecular weight is 382 g/mol. The third-order valence-electron chi connectivity index (χ3n) is 2.83. The van der Waals surface area contributed by atoms with Crippen molar-refractivity contribution in [3.8, 4) is 17.2 Å². The number of aromatic hydroxyl groups is 3. The minimum absolute atomic E-state index is 0.0290. The van der Waals surface area contributed by atoms with Gasteiger partial charge in [0, 0.05) is 0 Å². The Morgan fingerprint density at radius 2 is 1.62 bits per heavy atom. The topological polar surface area (TPSA) is 141 Å². The molecule has 0 fully saturated rings. The summed E-state index contributed by atoms with van der Waals surface area (Å²) in [4.78, 5) is 11.2. The lowest BCUT2D eigenvalue weighted by molar-refractivity contribution is 0.0548. The van der Waals surface area contributed by atoms with Gasteiger partial charge >= 0.3 is 5.97 Å². The second-order valence-electron chi connectivity index (χ2n) is 4.96. The molecule has 0 spiro atoms. The molecule has 9 heteroatoms. The van der Waals surface area contributed by atoms with E-state index >= 15 is 0 Å². The van der Waals surface area contributed by atoms with Crippen molar-refractivity contribution in [3.05, 3.63) is 66.2 Å². The Morgan fingerprint density at radius 1 is 1.08 bits per heavy atom. The van der Waals surface area contributed by atoms with E-state index in [1.54, 1.807) is 30.3 Å². The van der Waals surface area contributed by atoms with Crippen LogP contribution in [0.3, 0.4) is 0 Å². The van der Waals surface area contributed by atoms with Crippen molar-refractivity contribution in [2.24, 2.45) is 0 Å². The molecule has 0 amide bonds. The first-order chi connectivity index (χ1) is 12.1. The maximum atomic E-state index is 11.2. The molecule has 0 unspecified atom stereocenters. The van der Waals surface area contributed by atoms with Crippen LogP contribution in [-0.4, -0.2) is 40.9 Å². The SMILES string of the molecule is C=CCOC(=O)c1cc(O)c(O)c(O)c1.O=S(=O)(O)Cc1ccccc1. The summed E-state index contributed by atoms with van der Waals surface area (Å²) >= 11 is 0. The van der Waals surface area contributed by atoms with Crippen molar-refractivity contribution in [1.29, 1.82) is 0 Å². The molecule has 140 valence electrons. The molecule has 0 heterocycles. The molecular formula is C17H18O8S. The highest BCUT2D eigenvalue weighted by Crippen LogP contribution is 2.35. The molecule has 0 saturated heterocycles. The number of ether oxygens (including phenoxy) is 1. The van der Waals surface area contributed by atoms with Crippen LogP contribution >= 0.6 is 0 Å². The highest BCUT2D eigenvalue weighted by Gasteiger charge is 2.13. The van der Waals surface area contributed by atoms with E-state index in [1.165, 1.54) is 6.08 Å². The first-order valence-electron chi connectivity index (χ1n) is 7.16. The molecule has 0 atom stereocenters. The lowest BCUT2D eigenvalue weighted by Gasteiger charge is -2.05. The van der Waals surface area contributed by atoms with Gasteiger partial charge in [-0.1, -0.05) is 43.0 Å². The fourth-order valence-electron chi connectivity index (χ4n) is 1.72. The Morgan fingerprint density at radius 3 is 2.08 bits per heavy atom. The van der Waals surface area contributed by atoms with Gasteiger partial charge in [0.15, 0.2) is 17.2 Å². The van der Waals surface area contributed by atoms with Gasteiger partial charge < -0.3 is 20.1 Å². The molecule has 0 aliphatic carbocycles. The maximum absolute atomic E-state index is 11.2. The van der Waals surface area contributed by atoms with E-state index in [0.29, 0.717) is 5.56 Å². The number of benzene rings is 2.